The van der Waals surface area contributed by atoms with Crippen LogP contribution in [0.4, 0.5) is 0 Å². The topological polar surface area (TPSA) is 34.1 Å². The van der Waals surface area contributed by atoms with Gasteiger partial charge in [-0.3, -0.25) is 9.59 Å². The Morgan fingerprint density at radius 2 is 1.41 bits per heavy atom. The van der Waals surface area contributed by atoms with E-state index in [1.165, 1.54) is 0 Å². The molecule has 4 heteroatoms. The van der Waals surface area contributed by atoms with E-state index in [0.29, 0.717) is 24.8 Å². The SMILES string of the molecule is O=C1CCCC(=O)C1=C1Sc2ccccc2S1. The molecule has 1 aromatic carbocycles. The Morgan fingerprint density at radius 1 is 0.882 bits per heavy atom. The monoisotopic (exact) mass is 262 g/mol. The van der Waals surface area contributed by atoms with Crippen LogP contribution in [0.2, 0.25) is 0 Å². The van der Waals surface area contributed by atoms with E-state index < -0.39 is 0 Å². The van der Waals surface area contributed by atoms with Crippen LogP contribution in [0.25, 0.3) is 0 Å². The molecule has 1 fully saturated rings. The number of Topliss-reactive ketones (excluding diaryl/α,β-unsaturated/α-hetero) is 2. The number of hydrogen-bond acceptors (Lipinski definition) is 4. The molecule has 0 radical (unpaired) electrons. The van der Waals surface area contributed by atoms with Crippen molar-refractivity contribution in [2.45, 2.75) is 29.1 Å². The number of ketones is 2. The molecule has 1 heterocycles. The highest BCUT2D eigenvalue weighted by Crippen LogP contribution is 2.52. The molecule has 0 spiro atoms. The Bertz CT molecular complexity index is 501. The van der Waals surface area contributed by atoms with Crippen molar-refractivity contribution in [2.75, 3.05) is 0 Å². The smallest absolute Gasteiger partial charge is 0.168 e. The average Bonchev–Trinajstić information content (AvgIpc) is 2.71. The normalized spacial score (nSPS) is 19.8. The van der Waals surface area contributed by atoms with Crippen LogP contribution < -0.4 is 0 Å². The molecule has 0 saturated heterocycles. The standard InChI is InChI=1S/C13H10O2S2/c14-8-4-3-5-9(15)12(8)13-16-10-6-1-2-7-11(10)17-13/h1-2,6-7H,3-5H2. The van der Waals surface area contributed by atoms with Gasteiger partial charge in [0, 0.05) is 22.6 Å². The number of rotatable bonds is 0. The van der Waals surface area contributed by atoms with Crippen molar-refractivity contribution in [2.24, 2.45) is 0 Å². The lowest BCUT2D eigenvalue weighted by Crippen LogP contribution is -2.19. The summed E-state index contributed by atoms with van der Waals surface area (Å²) in [6, 6.07) is 8.01. The van der Waals surface area contributed by atoms with Gasteiger partial charge in [-0.25, -0.2) is 0 Å². The largest absolute Gasteiger partial charge is 0.294 e. The second kappa shape index (κ2) is 4.35. The van der Waals surface area contributed by atoms with Crippen LogP contribution in [0.3, 0.4) is 0 Å². The molecular formula is C13H10O2S2. The van der Waals surface area contributed by atoms with Gasteiger partial charge in [0.15, 0.2) is 11.6 Å². The van der Waals surface area contributed by atoms with Gasteiger partial charge in [0.05, 0.1) is 9.81 Å². The lowest BCUT2D eigenvalue weighted by Gasteiger charge is -2.13. The summed E-state index contributed by atoms with van der Waals surface area (Å²) in [5, 5.41) is 0. The fourth-order valence-electron chi connectivity index (χ4n) is 1.98. The third-order valence-electron chi connectivity index (χ3n) is 2.82. The van der Waals surface area contributed by atoms with Crippen molar-refractivity contribution in [1.29, 1.82) is 0 Å². The van der Waals surface area contributed by atoms with Crippen LogP contribution in [-0.4, -0.2) is 11.6 Å². The van der Waals surface area contributed by atoms with Gasteiger partial charge in [-0.15, -0.1) is 0 Å². The third-order valence-corrected chi connectivity index (χ3v) is 5.38. The number of allylic oxidation sites excluding steroid dienone is 1. The summed E-state index contributed by atoms with van der Waals surface area (Å²) in [5.74, 6) is 0.0353. The Hall–Kier alpha value is -1.00. The quantitative estimate of drug-likeness (QED) is 0.530. The minimum Gasteiger partial charge on any atom is -0.294 e. The summed E-state index contributed by atoms with van der Waals surface area (Å²) in [7, 11) is 0. The van der Waals surface area contributed by atoms with Crippen LogP contribution in [-0.2, 0) is 9.59 Å². The molecule has 2 nitrogen and oxygen atoms in total. The molecule has 1 saturated carbocycles. The van der Waals surface area contributed by atoms with Gasteiger partial charge in [0.1, 0.15) is 0 Å². The van der Waals surface area contributed by atoms with E-state index in [1.807, 2.05) is 24.3 Å². The van der Waals surface area contributed by atoms with E-state index in [0.717, 1.165) is 14.0 Å². The van der Waals surface area contributed by atoms with Gasteiger partial charge in [0.25, 0.3) is 0 Å². The fourth-order valence-corrected chi connectivity index (χ4v) is 4.63. The minimum atomic E-state index is 0.0176. The van der Waals surface area contributed by atoms with Crippen molar-refractivity contribution in [3.05, 3.63) is 34.1 Å². The van der Waals surface area contributed by atoms with Crippen molar-refractivity contribution in [1.82, 2.24) is 0 Å². The first-order chi connectivity index (χ1) is 8.25. The number of carbonyl (C=O) groups is 2. The zero-order valence-electron chi connectivity index (χ0n) is 9.06. The van der Waals surface area contributed by atoms with Crippen molar-refractivity contribution >= 4 is 35.1 Å². The first-order valence-corrected chi connectivity index (χ1v) is 7.14. The molecule has 0 atom stereocenters. The molecule has 0 N–H and O–H groups in total. The van der Waals surface area contributed by atoms with E-state index in [2.05, 4.69) is 0 Å². The molecule has 0 amide bonds. The van der Waals surface area contributed by atoms with E-state index in [-0.39, 0.29) is 11.6 Å². The van der Waals surface area contributed by atoms with Crippen LogP contribution in [0, 0.1) is 0 Å². The lowest BCUT2D eigenvalue weighted by atomic mass is 9.94. The van der Waals surface area contributed by atoms with Gasteiger partial charge < -0.3 is 0 Å². The Labute approximate surface area is 108 Å². The highest BCUT2D eigenvalue weighted by Gasteiger charge is 2.30. The van der Waals surface area contributed by atoms with Crippen LogP contribution in [0.15, 0.2) is 43.9 Å². The summed E-state index contributed by atoms with van der Waals surface area (Å²) >= 11 is 3.10. The Kier molecular flexibility index (Phi) is 2.84. The molecule has 0 unspecified atom stereocenters. The van der Waals surface area contributed by atoms with E-state index in [9.17, 15) is 9.59 Å². The van der Waals surface area contributed by atoms with E-state index in [4.69, 9.17) is 0 Å². The number of thioether (sulfide) groups is 2. The second-order valence-corrected chi connectivity index (χ2v) is 6.38. The molecule has 17 heavy (non-hydrogen) atoms. The minimum absolute atomic E-state index is 0.0176. The molecule has 86 valence electrons. The van der Waals surface area contributed by atoms with Crippen LogP contribution in [0.1, 0.15) is 19.3 Å². The Morgan fingerprint density at radius 3 is 1.94 bits per heavy atom. The maximum atomic E-state index is 11.8. The van der Waals surface area contributed by atoms with Crippen LogP contribution >= 0.6 is 23.5 Å². The van der Waals surface area contributed by atoms with Gasteiger partial charge in [0.2, 0.25) is 0 Å². The van der Waals surface area contributed by atoms with Crippen LogP contribution in [0.5, 0.6) is 0 Å². The van der Waals surface area contributed by atoms with Gasteiger partial charge in [-0.2, -0.15) is 0 Å². The number of hydrogen-bond donors (Lipinski definition) is 0. The number of carbonyl (C=O) groups excluding carboxylic acids is 2. The summed E-state index contributed by atoms with van der Waals surface area (Å²) < 4.78 is 0.876. The number of benzene rings is 1. The fraction of sp³-hybridized carbons (Fsp3) is 0.231. The van der Waals surface area contributed by atoms with Gasteiger partial charge in [-0.1, -0.05) is 35.7 Å². The summed E-state index contributed by atoms with van der Waals surface area (Å²) in [4.78, 5) is 26.0. The molecule has 1 aromatic rings. The zero-order valence-corrected chi connectivity index (χ0v) is 10.7. The average molecular weight is 262 g/mol. The first-order valence-electron chi connectivity index (χ1n) is 5.51. The van der Waals surface area contributed by atoms with Crippen molar-refractivity contribution in [3.8, 4) is 0 Å². The van der Waals surface area contributed by atoms with Crippen molar-refractivity contribution < 1.29 is 9.59 Å². The third kappa shape index (κ3) is 1.96. The highest BCUT2D eigenvalue weighted by molar-refractivity contribution is 8.24. The predicted octanol–water partition coefficient (Wildman–Crippen LogP) is 3.42. The molecule has 0 aromatic heterocycles. The maximum Gasteiger partial charge on any atom is 0.168 e. The van der Waals surface area contributed by atoms with E-state index in [1.54, 1.807) is 23.5 Å². The molecule has 0 bridgehead atoms. The van der Waals surface area contributed by atoms with Gasteiger partial charge in [-0.05, 0) is 18.6 Å². The molecule has 1 aliphatic heterocycles. The highest BCUT2D eigenvalue weighted by atomic mass is 32.2. The molecule has 2 aliphatic rings. The summed E-state index contributed by atoms with van der Waals surface area (Å²) in [5.41, 5.74) is 0.447. The molecule has 1 aliphatic carbocycles. The summed E-state index contributed by atoms with van der Waals surface area (Å²) in [6.45, 7) is 0. The predicted molar refractivity (Wildman–Crippen MR) is 69.0 cm³/mol. The van der Waals surface area contributed by atoms with E-state index >= 15 is 0 Å². The molecule has 3 rings (SSSR count). The summed E-state index contributed by atoms with van der Waals surface area (Å²) in [6.07, 6.45) is 1.74. The zero-order chi connectivity index (χ0) is 11.8. The maximum absolute atomic E-state index is 11.8. The molecular weight excluding hydrogens is 252 g/mol. The van der Waals surface area contributed by atoms with Gasteiger partial charge >= 0.3 is 0 Å². The first kappa shape index (κ1) is 11.1. The lowest BCUT2D eigenvalue weighted by molar-refractivity contribution is -0.123. The Balaban J connectivity index is 2.01. The van der Waals surface area contributed by atoms with Crippen molar-refractivity contribution in [3.63, 3.8) is 0 Å². The number of fused-ring (bicyclic) bond motifs is 1. The second-order valence-electron chi connectivity index (χ2n) is 4.01.